The summed E-state index contributed by atoms with van der Waals surface area (Å²) in [7, 11) is 0. The van der Waals surface area contributed by atoms with Crippen LogP contribution in [0.3, 0.4) is 0 Å². The summed E-state index contributed by atoms with van der Waals surface area (Å²) in [5, 5.41) is 3.31. The highest BCUT2D eigenvalue weighted by molar-refractivity contribution is 4.79. The van der Waals surface area contributed by atoms with Crippen molar-refractivity contribution in [2.24, 2.45) is 0 Å². The second-order valence-corrected chi connectivity index (χ2v) is 3.16. The quantitative estimate of drug-likeness (QED) is 0.588. The van der Waals surface area contributed by atoms with Crippen LogP contribution in [0.15, 0.2) is 0 Å². The van der Waals surface area contributed by atoms with Crippen LogP contribution >= 0.6 is 0 Å². The summed E-state index contributed by atoms with van der Waals surface area (Å²) < 4.78 is 11.1. The van der Waals surface area contributed by atoms with Crippen LogP contribution in [-0.2, 0) is 9.47 Å². The molecule has 3 heteroatoms. The van der Waals surface area contributed by atoms with Gasteiger partial charge < -0.3 is 14.8 Å². The fourth-order valence-corrected chi connectivity index (χ4v) is 1.72. The first-order valence-electron chi connectivity index (χ1n) is 4.41. The number of morpholine rings is 1. The van der Waals surface area contributed by atoms with Crippen LogP contribution in [0.25, 0.3) is 0 Å². The van der Waals surface area contributed by atoms with Crippen molar-refractivity contribution in [2.75, 3.05) is 26.3 Å². The average Bonchev–Trinajstić information content (AvgIpc) is 2.58. The maximum Gasteiger partial charge on any atom is 0.0961 e. The van der Waals surface area contributed by atoms with Crippen molar-refractivity contribution in [3.05, 3.63) is 0 Å². The molecule has 2 heterocycles. The van der Waals surface area contributed by atoms with E-state index in [1.165, 1.54) is 12.8 Å². The second kappa shape index (κ2) is 3.52. The predicted octanol–water partition coefficient (Wildman–Crippen LogP) is 0.154. The fraction of sp³-hybridized carbons (Fsp3) is 1.00. The van der Waals surface area contributed by atoms with Gasteiger partial charge in [-0.2, -0.15) is 0 Å². The fourth-order valence-electron chi connectivity index (χ4n) is 1.72. The Morgan fingerprint density at radius 2 is 2.00 bits per heavy atom. The van der Waals surface area contributed by atoms with Gasteiger partial charge in [0.25, 0.3) is 0 Å². The Kier molecular flexibility index (Phi) is 2.41. The van der Waals surface area contributed by atoms with Gasteiger partial charge in [0.15, 0.2) is 0 Å². The summed E-state index contributed by atoms with van der Waals surface area (Å²) in [4.78, 5) is 0. The summed E-state index contributed by atoms with van der Waals surface area (Å²) in [5.74, 6) is 0. The molecule has 2 atom stereocenters. The normalized spacial score (nSPS) is 39.3. The molecule has 11 heavy (non-hydrogen) atoms. The van der Waals surface area contributed by atoms with Crippen LogP contribution in [0.4, 0.5) is 0 Å². The molecule has 2 rings (SSSR count). The highest BCUT2D eigenvalue weighted by Gasteiger charge is 2.27. The van der Waals surface area contributed by atoms with Crippen molar-refractivity contribution in [1.29, 1.82) is 0 Å². The zero-order valence-corrected chi connectivity index (χ0v) is 6.71. The molecule has 0 bridgehead atoms. The molecular formula is C8H15NO2. The zero-order valence-electron chi connectivity index (χ0n) is 6.71. The summed E-state index contributed by atoms with van der Waals surface area (Å²) in [6.07, 6.45) is 3.05. The Balaban J connectivity index is 1.82. The highest BCUT2D eigenvalue weighted by Crippen LogP contribution is 2.18. The molecule has 0 amide bonds. The van der Waals surface area contributed by atoms with Crippen molar-refractivity contribution in [3.8, 4) is 0 Å². The standard InChI is InChI=1S/C8H15NO2/c1-2-7(10-4-1)8-6-9-3-5-11-8/h7-9H,1-6H2/t7-,8+/m1/s1. The first-order valence-corrected chi connectivity index (χ1v) is 4.41. The molecule has 0 aromatic heterocycles. The number of ether oxygens (including phenoxy) is 2. The third-order valence-electron chi connectivity index (χ3n) is 2.34. The lowest BCUT2D eigenvalue weighted by atomic mass is 10.1. The van der Waals surface area contributed by atoms with Gasteiger partial charge in [-0.1, -0.05) is 0 Å². The van der Waals surface area contributed by atoms with Crippen LogP contribution in [0.1, 0.15) is 12.8 Å². The highest BCUT2D eigenvalue weighted by atomic mass is 16.5. The van der Waals surface area contributed by atoms with E-state index in [1.807, 2.05) is 0 Å². The van der Waals surface area contributed by atoms with E-state index in [4.69, 9.17) is 9.47 Å². The number of hydrogen-bond acceptors (Lipinski definition) is 3. The molecule has 0 aromatic rings. The van der Waals surface area contributed by atoms with E-state index >= 15 is 0 Å². The smallest absolute Gasteiger partial charge is 0.0961 e. The van der Waals surface area contributed by atoms with Crippen molar-refractivity contribution < 1.29 is 9.47 Å². The minimum absolute atomic E-state index is 0.311. The molecule has 3 nitrogen and oxygen atoms in total. The Labute approximate surface area is 67.1 Å². The molecule has 2 fully saturated rings. The number of nitrogens with one attached hydrogen (secondary N) is 1. The predicted molar refractivity (Wildman–Crippen MR) is 41.6 cm³/mol. The van der Waals surface area contributed by atoms with E-state index in [2.05, 4.69) is 5.32 Å². The summed E-state index contributed by atoms with van der Waals surface area (Å²) in [5.41, 5.74) is 0. The third-order valence-corrected chi connectivity index (χ3v) is 2.34. The van der Waals surface area contributed by atoms with Crippen LogP contribution in [0.2, 0.25) is 0 Å². The molecule has 2 aliphatic rings. The van der Waals surface area contributed by atoms with Gasteiger partial charge in [-0.15, -0.1) is 0 Å². The van der Waals surface area contributed by atoms with Crippen molar-refractivity contribution in [3.63, 3.8) is 0 Å². The lowest BCUT2D eigenvalue weighted by Gasteiger charge is -2.27. The van der Waals surface area contributed by atoms with E-state index in [9.17, 15) is 0 Å². The average molecular weight is 157 g/mol. The van der Waals surface area contributed by atoms with Gasteiger partial charge in [0, 0.05) is 19.7 Å². The minimum atomic E-state index is 0.311. The van der Waals surface area contributed by atoms with E-state index in [-0.39, 0.29) is 0 Å². The van der Waals surface area contributed by atoms with Gasteiger partial charge in [-0.25, -0.2) is 0 Å². The summed E-state index contributed by atoms with van der Waals surface area (Å²) in [6.45, 7) is 3.71. The first kappa shape index (κ1) is 7.53. The van der Waals surface area contributed by atoms with Gasteiger partial charge >= 0.3 is 0 Å². The van der Waals surface area contributed by atoms with Gasteiger partial charge in [-0.3, -0.25) is 0 Å². The van der Waals surface area contributed by atoms with Crippen molar-refractivity contribution >= 4 is 0 Å². The lowest BCUT2D eigenvalue weighted by Crippen LogP contribution is -2.44. The van der Waals surface area contributed by atoms with Crippen molar-refractivity contribution in [1.82, 2.24) is 5.32 Å². The number of hydrogen-bond donors (Lipinski definition) is 1. The van der Waals surface area contributed by atoms with Gasteiger partial charge in [0.05, 0.1) is 18.8 Å². The van der Waals surface area contributed by atoms with Crippen LogP contribution in [-0.4, -0.2) is 38.5 Å². The maximum atomic E-state index is 5.57. The minimum Gasteiger partial charge on any atom is -0.375 e. The molecule has 2 saturated heterocycles. The van der Waals surface area contributed by atoms with Gasteiger partial charge in [0.2, 0.25) is 0 Å². The van der Waals surface area contributed by atoms with Crippen LogP contribution in [0, 0.1) is 0 Å². The molecule has 64 valence electrons. The van der Waals surface area contributed by atoms with Gasteiger partial charge in [-0.05, 0) is 12.8 Å². The van der Waals surface area contributed by atoms with E-state index < -0.39 is 0 Å². The molecule has 0 radical (unpaired) electrons. The zero-order chi connectivity index (χ0) is 7.52. The summed E-state index contributed by atoms with van der Waals surface area (Å²) >= 11 is 0. The Morgan fingerprint density at radius 1 is 1.09 bits per heavy atom. The SMILES string of the molecule is C1CO[C@@H]([C@@H]2CNCCO2)C1. The molecular weight excluding hydrogens is 142 g/mol. The van der Waals surface area contributed by atoms with Crippen LogP contribution < -0.4 is 5.32 Å². The Morgan fingerprint density at radius 3 is 2.64 bits per heavy atom. The molecule has 1 N–H and O–H groups in total. The molecule has 0 unspecified atom stereocenters. The largest absolute Gasteiger partial charge is 0.375 e. The monoisotopic (exact) mass is 157 g/mol. The number of rotatable bonds is 1. The Bertz CT molecular complexity index is 117. The molecule has 0 aliphatic carbocycles. The van der Waals surface area contributed by atoms with Gasteiger partial charge in [0.1, 0.15) is 0 Å². The lowest BCUT2D eigenvalue weighted by molar-refractivity contribution is -0.0612. The molecule has 0 saturated carbocycles. The Hall–Kier alpha value is -0.120. The molecule has 2 aliphatic heterocycles. The van der Waals surface area contributed by atoms with E-state index in [0.29, 0.717) is 12.2 Å². The van der Waals surface area contributed by atoms with E-state index in [1.54, 1.807) is 0 Å². The summed E-state index contributed by atoms with van der Waals surface area (Å²) in [6, 6.07) is 0. The third kappa shape index (κ3) is 1.72. The first-order chi connectivity index (χ1) is 5.47. The molecule has 0 aromatic carbocycles. The maximum absolute atomic E-state index is 5.57. The van der Waals surface area contributed by atoms with E-state index in [0.717, 1.165) is 26.3 Å². The van der Waals surface area contributed by atoms with Crippen molar-refractivity contribution in [2.45, 2.75) is 25.0 Å². The molecule has 0 spiro atoms. The topological polar surface area (TPSA) is 30.5 Å². The second-order valence-electron chi connectivity index (χ2n) is 3.16. The van der Waals surface area contributed by atoms with Crippen LogP contribution in [0.5, 0.6) is 0 Å².